The zero-order valence-corrected chi connectivity index (χ0v) is 11.6. The number of aromatic hydroxyl groups is 1. The number of anilines is 1. The largest absolute Gasteiger partial charge is 0.508 e. The molecule has 0 saturated carbocycles. The smallest absolute Gasteiger partial charge is 0.271 e. The second kappa shape index (κ2) is 5.70. The van der Waals surface area contributed by atoms with Crippen LogP contribution in [0.15, 0.2) is 46.9 Å². The number of rotatable bonds is 3. The van der Waals surface area contributed by atoms with Crippen LogP contribution >= 0.6 is 15.9 Å². The lowest BCUT2D eigenvalue weighted by Crippen LogP contribution is -2.12. The average Bonchev–Trinajstić information content (AvgIpc) is 2.37. The molecule has 0 spiro atoms. The van der Waals surface area contributed by atoms with Gasteiger partial charge in [0.05, 0.1) is 4.92 Å². The Hall–Kier alpha value is -2.41. The molecule has 2 rings (SSSR count). The third-order valence-electron chi connectivity index (χ3n) is 2.46. The molecule has 0 heterocycles. The summed E-state index contributed by atoms with van der Waals surface area (Å²) >= 11 is 3.12. The van der Waals surface area contributed by atoms with Crippen LogP contribution in [-0.4, -0.2) is 15.9 Å². The van der Waals surface area contributed by atoms with Gasteiger partial charge in [0.1, 0.15) is 5.75 Å². The summed E-state index contributed by atoms with van der Waals surface area (Å²) in [5.74, 6) is -0.483. The fraction of sp³-hybridized carbons (Fsp3) is 0. The van der Waals surface area contributed by atoms with Crippen molar-refractivity contribution in [2.24, 2.45) is 0 Å². The summed E-state index contributed by atoms with van der Waals surface area (Å²) in [6, 6.07) is 10.0. The monoisotopic (exact) mass is 336 g/mol. The maximum atomic E-state index is 12.0. The van der Waals surface area contributed by atoms with Gasteiger partial charge < -0.3 is 10.4 Å². The molecule has 0 radical (unpaired) electrons. The van der Waals surface area contributed by atoms with E-state index in [1.54, 1.807) is 12.1 Å². The second-order valence-corrected chi connectivity index (χ2v) is 4.88. The summed E-state index contributed by atoms with van der Waals surface area (Å²) in [6.07, 6.45) is 0. The number of carbonyl (C=O) groups excluding carboxylic acids is 1. The first-order valence-corrected chi connectivity index (χ1v) is 6.30. The number of carbonyl (C=O) groups is 1. The molecule has 0 aliphatic heterocycles. The minimum absolute atomic E-state index is 0.0167. The highest BCUT2D eigenvalue weighted by atomic mass is 79.9. The number of non-ortho nitro benzene ring substituents is 1. The molecule has 7 heteroatoms. The standard InChI is InChI=1S/C13H9BrN2O4/c14-9-4-8(5-11(6-9)16(19)20)13(18)15-10-2-1-3-12(17)7-10/h1-7,17H,(H,15,18). The van der Waals surface area contributed by atoms with E-state index in [4.69, 9.17) is 0 Å². The van der Waals surface area contributed by atoms with E-state index in [1.165, 1.54) is 30.3 Å². The molecule has 0 atom stereocenters. The van der Waals surface area contributed by atoms with E-state index >= 15 is 0 Å². The third-order valence-corrected chi connectivity index (χ3v) is 2.92. The van der Waals surface area contributed by atoms with Crippen molar-refractivity contribution in [1.29, 1.82) is 0 Å². The van der Waals surface area contributed by atoms with E-state index in [-0.39, 0.29) is 17.0 Å². The van der Waals surface area contributed by atoms with Crippen molar-refractivity contribution in [3.05, 3.63) is 62.6 Å². The van der Waals surface area contributed by atoms with E-state index in [9.17, 15) is 20.0 Å². The summed E-state index contributed by atoms with van der Waals surface area (Å²) in [5.41, 5.74) is 0.368. The van der Waals surface area contributed by atoms with Crippen LogP contribution in [0.5, 0.6) is 5.75 Å². The van der Waals surface area contributed by atoms with Gasteiger partial charge >= 0.3 is 0 Å². The fourth-order valence-corrected chi connectivity index (χ4v) is 2.08. The number of nitro groups is 1. The first-order chi connectivity index (χ1) is 9.45. The molecule has 0 fully saturated rings. The zero-order valence-electron chi connectivity index (χ0n) is 10.0. The van der Waals surface area contributed by atoms with Crippen LogP contribution in [0, 0.1) is 10.1 Å². The maximum absolute atomic E-state index is 12.0. The molecular formula is C13H9BrN2O4. The van der Waals surface area contributed by atoms with Gasteiger partial charge in [0, 0.05) is 33.9 Å². The van der Waals surface area contributed by atoms with Crippen LogP contribution in [0.1, 0.15) is 10.4 Å². The minimum atomic E-state index is -0.574. The normalized spacial score (nSPS) is 10.1. The Balaban J connectivity index is 2.27. The number of nitrogens with zero attached hydrogens (tertiary/aromatic N) is 1. The number of nitro benzene ring substituents is 1. The summed E-state index contributed by atoms with van der Waals surface area (Å²) in [4.78, 5) is 22.2. The van der Waals surface area contributed by atoms with Gasteiger partial charge in [-0.05, 0) is 18.2 Å². The first kappa shape index (κ1) is 14.0. The Bertz CT molecular complexity index is 688. The van der Waals surface area contributed by atoms with E-state index < -0.39 is 10.8 Å². The highest BCUT2D eigenvalue weighted by molar-refractivity contribution is 9.10. The molecule has 6 nitrogen and oxygen atoms in total. The number of halogens is 1. The van der Waals surface area contributed by atoms with E-state index in [2.05, 4.69) is 21.2 Å². The number of benzene rings is 2. The topological polar surface area (TPSA) is 92.5 Å². The molecule has 0 aliphatic carbocycles. The molecule has 102 valence electrons. The van der Waals surface area contributed by atoms with Gasteiger partial charge in [0.25, 0.3) is 11.6 Å². The highest BCUT2D eigenvalue weighted by Crippen LogP contribution is 2.23. The number of phenols is 1. The van der Waals surface area contributed by atoms with Crippen molar-refractivity contribution < 1.29 is 14.8 Å². The number of amides is 1. The van der Waals surface area contributed by atoms with Crippen LogP contribution in [-0.2, 0) is 0 Å². The summed E-state index contributed by atoms with van der Waals surface area (Å²) in [6.45, 7) is 0. The van der Waals surface area contributed by atoms with Crippen molar-refractivity contribution >= 4 is 33.2 Å². The molecule has 0 aromatic heterocycles. The molecule has 20 heavy (non-hydrogen) atoms. The molecule has 0 aliphatic rings. The van der Waals surface area contributed by atoms with Crippen LogP contribution in [0.4, 0.5) is 11.4 Å². The number of hydrogen-bond acceptors (Lipinski definition) is 4. The fourth-order valence-electron chi connectivity index (χ4n) is 1.60. The lowest BCUT2D eigenvalue weighted by molar-refractivity contribution is -0.384. The average molecular weight is 337 g/mol. The van der Waals surface area contributed by atoms with Gasteiger partial charge in [-0.1, -0.05) is 22.0 Å². The van der Waals surface area contributed by atoms with E-state index in [1.807, 2.05) is 0 Å². The Morgan fingerprint density at radius 3 is 2.65 bits per heavy atom. The number of hydrogen-bond donors (Lipinski definition) is 2. The van der Waals surface area contributed by atoms with Crippen LogP contribution in [0.3, 0.4) is 0 Å². The molecule has 0 unspecified atom stereocenters. The molecule has 2 aromatic rings. The third kappa shape index (κ3) is 3.33. The SMILES string of the molecule is O=C(Nc1cccc(O)c1)c1cc(Br)cc([N+](=O)[O-])c1. The van der Waals surface area contributed by atoms with Crippen molar-refractivity contribution in [1.82, 2.24) is 0 Å². The van der Waals surface area contributed by atoms with Crippen molar-refractivity contribution in [3.8, 4) is 5.75 Å². The second-order valence-electron chi connectivity index (χ2n) is 3.96. The lowest BCUT2D eigenvalue weighted by Gasteiger charge is -2.06. The minimum Gasteiger partial charge on any atom is -0.508 e. The lowest BCUT2D eigenvalue weighted by atomic mass is 10.2. The first-order valence-electron chi connectivity index (χ1n) is 5.51. The summed E-state index contributed by atoms with van der Waals surface area (Å²) in [7, 11) is 0. The van der Waals surface area contributed by atoms with E-state index in [0.29, 0.717) is 10.2 Å². The molecule has 0 saturated heterocycles. The maximum Gasteiger partial charge on any atom is 0.271 e. The Kier molecular flexibility index (Phi) is 3.99. The van der Waals surface area contributed by atoms with Crippen LogP contribution in [0.2, 0.25) is 0 Å². The summed E-state index contributed by atoms with van der Waals surface area (Å²) in [5, 5.41) is 22.6. The zero-order chi connectivity index (χ0) is 14.7. The molecule has 0 bridgehead atoms. The number of phenolic OH excluding ortho intramolecular Hbond substituents is 1. The van der Waals surface area contributed by atoms with Gasteiger partial charge in [0.15, 0.2) is 0 Å². The van der Waals surface area contributed by atoms with Crippen LogP contribution in [0.25, 0.3) is 0 Å². The quantitative estimate of drug-likeness (QED) is 0.664. The van der Waals surface area contributed by atoms with Gasteiger partial charge in [-0.25, -0.2) is 0 Å². The van der Waals surface area contributed by atoms with Gasteiger partial charge in [-0.3, -0.25) is 14.9 Å². The molecule has 1 amide bonds. The molecule has 2 aromatic carbocycles. The molecular weight excluding hydrogens is 328 g/mol. The predicted octanol–water partition coefficient (Wildman–Crippen LogP) is 3.32. The van der Waals surface area contributed by atoms with Gasteiger partial charge in [-0.2, -0.15) is 0 Å². The van der Waals surface area contributed by atoms with Crippen molar-refractivity contribution in [3.63, 3.8) is 0 Å². The van der Waals surface area contributed by atoms with Gasteiger partial charge in [0.2, 0.25) is 0 Å². The van der Waals surface area contributed by atoms with E-state index in [0.717, 1.165) is 0 Å². The van der Waals surface area contributed by atoms with Crippen molar-refractivity contribution in [2.75, 3.05) is 5.32 Å². The number of nitrogens with one attached hydrogen (secondary N) is 1. The Morgan fingerprint density at radius 1 is 1.25 bits per heavy atom. The molecule has 2 N–H and O–H groups in total. The van der Waals surface area contributed by atoms with Crippen LogP contribution < -0.4 is 5.32 Å². The Morgan fingerprint density at radius 2 is 2.00 bits per heavy atom. The predicted molar refractivity (Wildman–Crippen MR) is 76.9 cm³/mol. The summed E-state index contributed by atoms with van der Waals surface area (Å²) < 4.78 is 0.438. The highest BCUT2D eigenvalue weighted by Gasteiger charge is 2.14. The van der Waals surface area contributed by atoms with Gasteiger partial charge in [-0.15, -0.1) is 0 Å². The Labute approximate surface area is 122 Å². The van der Waals surface area contributed by atoms with Crippen molar-refractivity contribution in [2.45, 2.75) is 0 Å².